The zero-order valence-corrected chi connectivity index (χ0v) is 19.5. The molecule has 6 nitrogen and oxygen atoms in total. The molecule has 1 atom stereocenters. The third kappa shape index (κ3) is 4.41. The lowest BCUT2D eigenvalue weighted by Gasteiger charge is -2.34. The van der Waals surface area contributed by atoms with Crippen LogP contribution in [0.1, 0.15) is 77.2 Å². The SMILES string of the molecule is COc1cc([C@H]2C(C(=O)OC3CCCC3)=C(C)NC3=C2C(=O)CCC3)ccc1OC(C)C. The van der Waals surface area contributed by atoms with Crippen molar-refractivity contribution in [3.05, 3.63) is 46.3 Å². The molecule has 1 fully saturated rings. The zero-order chi connectivity index (χ0) is 22.8. The number of rotatable bonds is 6. The van der Waals surface area contributed by atoms with Crippen LogP contribution < -0.4 is 14.8 Å². The van der Waals surface area contributed by atoms with Crippen LogP contribution in [0.15, 0.2) is 40.7 Å². The Labute approximate surface area is 190 Å². The molecule has 1 aliphatic heterocycles. The maximum Gasteiger partial charge on any atom is 0.337 e. The van der Waals surface area contributed by atoms with Gasteiger partial charge in [-0.15, -0.1) is 0 Å². The number of Topliss-reactive ketones (excluding diaryl/α,β-unsaturated/α-hetero) is 1. The van der Waals surface area contributed by atoms with Gasteiger partial charge >= 0.3 is 5.97 Å². The van der Waals surface area contributed by atoms with Gasteiger partial charge in [0.15, 0.2) is 17.3 Å². The Morgan fingerprint density at radius 3 is 2.53 bits per heavy atom. The number of esters is 1. The molecule has 3 aliphatic rings. The number of dihydropyridines is 1. The standard InChI is InChI=1S/C26H33NO5/c1-15(2)31-21-13-12-17(14-22(21)30-4)24-23(26(29)32-18-8-5-6-9-18)16(3)27-19-10-7-11-20(28)25(19)24/h12-15,18,24,27H,5-11H2,1-4H3/t24-/m0/s1. The van der Waals surface area contributed by atoms with Crippen molar-refractivity contribution in [3.63, 3.8) is 0 Å². The van der Waals surface area contributed by atoms with Gasteiger partial charge in [0.2, 0.25) is 0 Å². The van der Waals surface area contributed by atoms with E-state index in [4.69, 9.17) is 14.2 Å². The van der Waals surface area contributed by atoms with E-state index in [0.29, 0.717) is 29.1 Å². The Kier molecular flexibility index (Phi) is 6.58. The molecular weight excluding hydrogens is 406 g/mol. The Hall–Kier alpha value is -2.76. The van der Waals surface area contributed by atoms with Gasteiger partial charge in [-0.1, -0.05) is 6.07 Å². The monoisotopic (exact) mass is 439 g/mol. The second kappa shape index (κ2) is 9.39. The first-order valence-electron chi connectivity index (χ1n) is 11.7. The normalized spacial score (nSPS) is 21.5. The van der Waals surface area contributed by atoms with Crippen molar-refractivity contribution in [2.24, 2.45) is 0 Å². The molecule has 1 aromatic rings. The number of hydrogen-bond donors (Lipinski definition) is 1. The Morgan fingerprint density at radius 2 is 1.84 bits per heavy atom. The number of methoxy groups -OCH3 is 1. The van der Waals surface area contributed by atoms with E-state index in [2.05, 4.69) is 5.32 Å². The van der Waals surface area contributed by atoms with Crippen molar-refractivity contribution in [2.75, 3.05) is 7.11 Å². The fraction of sp³-hybridized carbons (Fsp3) is 0.538. The van der Waals surface area contributed by atoms with Crippen LogP contribution in [0.25, 0.3) is 0 Å². The van der Waals surface area contributed by atoms with Crippen LogP contribution in [0.4, 0.5) is 0 Å². The molecule has 32 heavy (non-hydrogen) atoms. The smallest absolute Gasteiger partial charge is 0.337 e. The van der Waals surface area contributed by atoms with E-state index in [-0.39, 0.29) is 24.0 Å². The van der Waals surface area contributed by atoms with Crippen LogP contribution in [0, 0.1) is 0 Å². The molecule has 0 radical (unpaired) electrons. The zero-order valence-electron chi connectivity index (χ0n) is 19.5. The lowest BCUT2D eigenvalue weighted by molar-refractivity contribution is -0.144. The molecule has 2 aliphatic carbocycles. The van der Waals surface area contributed by atoms with Crippen molar-refractivity contribution >= 4 is 11.8 Å². The second-order valence-corrected chi connectivity index (χ2v) is 9.15. The molecule has 1 aromatic carbocycles. The molecule has 0 saturated heterocycles. The number of allylic oxidation sites excluding steroid dienone is 3. The molecule has 4 rings (SSSR count). The number of carbonyl (C=O) groups excluding carboxylic acids is 2. The highest BCUT2D eigenvalue weighted by Gasteiger charge is 2.40. The maximum atomic E-state index is 13.4. The van der Waals surface area contributed by atoms with Crippen molar-refractivity contribution in [1.29, 1.82) is 0 Å². The third-order valence-electron chi connectivity index (χ3n) is 6.46. The van der Waals surface area contributed by atoms with Gasteiger partial charge in [0.05, 0.1) is 18.8 Å². The summed E-state index contributed by atoms with van der Waals surface area (Å²) in [6.45, 7) is 5.82. The van der Waals surface area contributed by atoms with E-state index in [1.165, 1.54) is 0 Å². The first kappa shape index (κ1) is 22.4. The summed E-state index contributed by atoms with van der Waals surface area (Å²) in [6.07, 6.45) is 6.03. The minimum Gasteiger partial charge on any atom is -0.493 e. The highest BCUT2D eigenvalue weighted by atomic mass is 16.5. The third-order valence-corrected chi connectivity index (χ3v) is 6.46. The number of carbonyl (C=O) groups is 2. The molecule has 0 spiro atoms. The summed E-state index contributed by atoms with van der Waals surface area (Å²) in [5.74, 6) is 0.499. The van der Waals surface area contributed by atoms with Gasteiger partial charge in [0.1, 0.15) is 6.10 Å². The fourth-order valence-corrected chi connectivity index (χ4v) is 5.02. The minimum atomic E-state index is -0.477. The molecule has 0 aromatic heterocycles. The highest BCUT2D eigenvalue weighted by Crippen LogP contribution is 2.44. The van der Waals surface area contributed by atoms with Crippen LogP contribution in [0.2, 0.25) is 0 Å². The van der Waals surface area contributed by atoms with E-state index in [0.717, 1.165) is 55.5 Å². The molecule has 1 saturated carbocycles. The van der Waals surface area contributed by atoms with Crippen molar-refractivity contribution in [3.8, 4) is 11.5 Å². The summed E-state index contributed by atoms with van der Waals surface area (Å²) >= 11 is 0. The summed E-state index contributed by atoms with van der Waals surface area (Å²) in [6, 6.07) is 5.67. The number of hydrogen-bond acceptors (Lipinski definition) is 6. The Bertz CT molecular complexity index is 968. The van der Waals surface area contributed by atoms with Crippen molar-refractivity contribution in [1.82, 2.24) is 5.32 Å². The van der Waals surface area contributed by atoms with Crippen LogP contribution >= 0.6 is 0 Å². The molecule has 0 bridgehead atoms. The predicted molar refractivity (Wildman–Crippen MR) is 122 cm³/mol. The largest absolute Gasteiger partial charge is 0.493 e. The number of nitrogens with one attached hydrogen (secondary N) is 1. The number of benzene rings is 1. The van der Waals surface area contributed by atoms with Gasteiger partial charge in [-0.25, -0.2) is 4.79 Å². The lowest BCUT2D eigenvalue weighted by atomic mass is 9.75. The van der Waals surface area contributed by atoms with E-state index in [1.54, 1.807) is 7.11 Å². The van der Waals surface area contributed by atoms with Gasteiger partial charge in [0, 0.05) is 29.3 Å². The summed E-state index contributed by atoms with van der Waals surface area (Å²) in [5, 5.41) is 3.35. The van der Waals surface area contributed by atoms with Crippen molar-refractivity contribution in [2.45, 2.75) is 83.8 Å². The Morgan fingerprint density at radius 1 is 1.09 bits per heavy atom. The Balaban J connectivity index is 1.77. The molecule has 6 heteroatoms. The van der Waals surface area contributed by atoms with Gasteiger partial charge in [0.25, 0.3) is 0 Å². The lowest BCUT2D eigenvalue weighted by Crippen LogP contribution is -2.35. The van der Waals surface area contributed by atoms with Crippen LogP contribution in [0.5, 0.6) is 11.5 Å². The first-order valence-corrected chi connectivity index (χ1v) is 11.7. The second-order valence-electron chi connectivity index (χ2n) is 9.15. The summed E-state index contributed by atoms with van der Waals surface area (Å²) in [4.78, 5) is 26.5. The van der Waals surface area contributed by atoms with E-state index in [1.807, 2.05) is 39.0 Å². The van der Waals surface area contributed by atoms with Crippen LogP contribution in [-0.2, 0) is 14.3 Å². The van der Waals surface area contributed by atoms with Crippen molar-refractivity contribution < 1.29 is 23.8 Å². The minimum absolute atomic E-state index is 0.00181. The maximum absolute atomic E-state index is 13.4. The summed E-state index contributed by atoms with van der Waals surface area (Å²) < 4.78 is 17.4. The fourth-order valence-electron chi connectivity index (χ4n) is 5.02. The molecule has 172 valence electrons. The van der Waals surface area contributed by atoms with Gasteiger partial charge in [-0.2, -0.15) is 0 Å². The molecule has 1 N–H and O–H groups in total. The molecule has 0 amide bonds. The van der Waals surface area contributed by atoms with Crippen LogP contribution in [0.3, 0.4) is 0 Å². The number of ketones is 1. The predicted octanol–water partition coefficient (Wildman–Crippen LogP) is 4.94. The summed E-state index contributed by atoms with van der Waals surface area (Å²) in [5.41, 5.74) is 3.71. The van der Waals surface area contributed by atoms with E-state index in [9.17, 15) is 9.59 Å². The molecular formula is C26H33NO5. The summed E-state index contributed by atoms with van der Waals surface area (Å²) in [7, 11) is 1.60. The quantitative estimate of drug-likeness (QED) is 0.633. The van der Waals surface area contributed by atoms with Crippen LogP contribution in [-0.4, -0.2) is 31.1 Å². The van der Waals surface area contributed by atoms with Gasteiger partial charge in [-0.3, -0.25) is 4.79 Å². The molecule has 1 heterocycles. The van der Waals surface area contributed by atoms with E-state index < -0.39 is 5.92 Å². The molecule has 0 unspecified atom stereocenters. The van der Waals surface area contributed by atoms with Gasteiger partial charge in [-0.05, 0) is 77.0 Å². The topological polar surface area (TPSA) is 73.9 Å². The first-order chi connectivity index (χ1) is 15.4. The highest BCUT2D eigenvalue weighted by molar-refractivity contribution is 6.03. The van der Waals surface area contributed by atoms with E-state index >= 15 is 0 Å². The van der Waals surface area contributed by atoms with Gasteiger partial charge < -0.3 is 19.5 Å². The average molecular weight is 440 g/mol. The average Bonchev–Trinajstić information content (AvgIpc) is 3.25. The number of ether oxygens (including phenoxy) is 3.